The molecule has 144 valence electrons. The highest BCUT2D eigenvalue weighted by atomic mass is 16.5. The van der Waals surface area contributed by atoms with Crippen molar-refractivity contribution in [3.8, 4) is 5.75 Å². The molecule has 2 heteroatoms. The Morgan fingerprint density at radius 3 is 1.93 bits per heavy atom. The van der Waals surface area contributed by atoms with E-state index in [4.69, 9.17) is 4.74 Å². The Kier molecular flexibility index (Phi) is 6.41. The third kappa shape index (κ3) is 5.46. The van der Waals surface area contributed by atoms with Gasteiger partial charge in [0.2, 0.25) is 0 Å². The summed E-state index contributed by atoms with van der Waals surface area (Å²) in [7, 11) is 0. The van der Waals surface area contributed by atoms with Crippen molar-refractivity contribution in [2.45, 2.75) is 32.4 Å². The van der Waals surface area contributed by atoms with Crippen molar-refractivity contribution in [2.75, 3.05) is 13.1 Å². The topological polar surface area (TPSA) is 12.5 Å². The number of hydrogen-bond acceptors (Lipinski definition) is 2. The first kappa shape index (κ1) is 18.8. The lowest BCUT2D eigenvalue weighted by atomic mass is 9.90. The predicted molar refractivity (Wildman–Crippen MR) is 115 cm³/mol. The van der Waals surface area contributed by atoms with E-state index in [0.717, 1.165) is 18.2 Å². The highest BCUT2D eigenvalue weighted by Gasteiger charge is 2.19. The van der Waals surface area contributed by atoms with Crippen LogP contribution in [0.15, 0.2) is 84.9 Å². The number of ether oxygens (including phenoxy) is 1. The normalized spacial score (nSPS) is 15.4. The molecule has 1 aliphatic rings. The van der Waals surface area contributed by atoms with E-state index in [-0.39, 0.29) is 0 Å². The maximum absolute atomic E-state index is 5.89. The fourth-order valence-electron chi connectivity index (χ4n) is 3.99. The molecule has 28 heavy (non-hydrogen) atoms. The van der Waals surface area contributed by atoms with Gasteiger partial charge in [0.15, 0.2) is 0 Å². The summed E-state index contributed by atoms with van der Waals surface area (Å²) in [6, 6.07) is 29.8. The smallest absolute Gasteiger partial charge is 0.119 e. The van der Waals surface area contributed by atoms with Crippen LogP contribution < -0.4 is 4.74 Å². The quantitative estimate of drug-likeness (QED) is 0.527. The zero-order valence-electron chi connectivity index (χ0n) is 16.5. The summed E-state index contributed by atoms with van der Waals surface area (Å²) in [5.74, 6) is 1.77. The standard InChI is InChI=1S/C26H29NO/c1-3-7-22(8-4-1)19-23-15-17-27(18-16-23)20-24-11-13-26(14-12-24)28-21-25-9-5-2-6-10-25/h1-14,23H,15-21H2. The molecule has 0 bridgehead atoms. The van der Waals surface area contributed by atoms with Crippen LogP contribution in [0.25, 0.3) is 0 Å². The Hall–Kier alpha value is -2.58. The summed E-state index contributed by atoms with van der Waals surface area (Å²) in [4.78, 5) is 2.58. The fraction of sp³-hybridized carbons (Fsp3) is 0.308. The molecule has 0 saturated carbocycles. The van der Waals surface area contributed by atoms with Crippen LogP contribution in [0.1, 0.15) is 29.5 Å². The Morgan fingerprint density at radius 2 is 1.29 bits per heavy atom. The number of benzene rings is 3. The minimum absolute atomic E-state index is 0.620. The molecule has 0 N–H and O–H groups in total. The Morgan fingerprint density at radius 1 is 0.679 bits per heavy atom. The summed E-state index contributed by atoms with van der Waals surface area (Å²) < 4.78 is 5.89. The van der Waals surface area contributed by atoms with Crippen LogP contribution in [-0.2, 0) is 19.6 Å². The highest BCUT2D eigenvalue weighted by molar-refractivity contribution is 5.28. The van der Waals surface area contributed by atoms with Gasteiger partial charge in [0.05, 0.1) is 0 Å². The van der Waals surface area contributed by atoms with Gasteiger partial charge in [-0.2, -0.15) is 0 Å². The van der Waals surface area contributed by atoms with E-state index in [1.807, 2.05) is 18.2 Å². The van der Waals surface area contributed by atoms with Gasteiger partial charge in [0, 0.05) is 6.54 Å². The first-order chi connectivity index (χ1) is 13.8. The maximum atomic E-state index is 5.89. The number of rotatable bonds is 7. The molecule has 0 atom stereocenters. The molecule has 1 aliphatic heterocycles. The average molecular weight is 372 g/mol. The van der Waals surface area contributed by atoms with Crippen molar-refractivity contribution in [3.63, 3.8) is 0 Å². The predicted octanol–water partition coefficient (Wildman–Crippen LogP) is 5.72. The van der Waals surface area contributed by atoms with E-state index < -0.39 is 0 Å². The van der Waals surface area contributed by atoms with E-state index >= 15 is 0 Å². The van der Waals surface area contributed by atoms with Gasteiger partial charge in [-0.3, -0.25) is 4.90 Å². The first-order valence-electron chi connectivity index (χ1n) is 10.4. The molecule has 1 saturated heterocycles. The molecular formula is C26H29NO. The van der Waals surface area contributed by atoms with Crippen LogP contribution in [0.4, 0.5) is 0 Å². The van der Waals surface area contributed by atoms with Crippen molar-refractivity contribution >= 4 is 0 Å². The van der Waals surface area contributed by atoms with Crippen LogP contribution in [0.2, 0.25) is 0 Å². The SMILES string of the molecule is c1ccc(COc2ccc(CN3CCC(Cc4ccccc4)CC3)cc2)cc1. The van der Waals surface area contributed by atoms with Crippen molar-refractivity contribution in [3.05, 3.63) is 102 Å². The summed E-state index contributed by atoms with van der Waals surface area (Å²) in [5.41, 5.74) is 4.05. The zero-order valence-corrected chi connectivity index (χ0v) is 16.5. The zero-order chi connectivity index (χ0) is 19.0. The third-order valence-corrected chi connectivity index (χ3v) is 5.65. The molecular weight excluding hydrogens is 342 g/mol. The second-order valence-electron chi connectivity index (χ2n) is 7.83. The summed E-state index contributed by atoms with van der Waals surface area (Å²) in [6.45, 7) is 4.06. The molecule has 0 amide bonds. The average Bonchev–Trinajstić information content (AvgIpc) is 2.76. The molecule has 1 fully saturated rings. The van der Waals surface area contributed by atoms with Crippen LogP contribution in [0, 0.1) is 5.92 Å². The monoisotopic (exact) mass is 371 g/mol. The van der Waals surface area contributed by atoms with Crippen LogP contribution in [-0.4, -0.2) is 18.0 Å². The van der Waals surface area contributed by atoms with E-state index in [1.165, 1.54) is 49.0 Å². The van der Waals surface area contributed by atoms with Gasteiger partial charge in [-0.1, -0.05) is 72.8 Å². The Labute approximate surface area is 168 Å². The van der Waals surface area contributed by atoms with Crippen molar-refractivity contribution < 1.29 is 4.74 Å². The van der Waals surface area contributed by atoms with Crippen LogP contribution >= 0.6 is 0 Å². The van der Waals surface area contributed by atoms with Gasteiger partial charge >= 0.3 is 0 Å². The van der Waals surface area contributed by atoms with Gasteiger partial charge in [0.1, 0.15) is 12.4 Å². The van der Waals surface area contributed by atoms with Gasteiger partial charge in [0.25, 0.3) is 0 Å². The van der Waals surface area contributed by atoms with E-state index in [1.54, 1.807) is 0 Å². The molecule has 0 spiro atoms. The minimum atomic E-state index is 0.620. The van der Waals surface area contributed by atoms with Gasteiger partial charge < -0.3 is 4.74 Å². The second-order valence-corrected chi connectivity index (χ2v) is 7.83. The summed E-state index contributed by atoms with van der Waals surface area (Å²) in [6.07, 6.45) is 3.82. The third-order valence-electron chi connectivity index (χ3n) is 5.65. The molecule has 3 aromatic carbocycles. The molecule has 0 aromatic heterocycles. The molecule has 1 heterocycles. The van der Waals surface area contributed by atoms with E-state index in [0.29, 0.717) is 6.61 Å². The lowest BCUT2D eigenvalue weighted by molar-refractivity contribution is 0.177. The first-order valence-corrected chi connectivity index (χ1v) is 10.4. The summed E-state index contributed by atoms with van der Waals surface area (Å²) >= 11 is 0. The number of nitrogens with zero attached hydrogens (tertiary/aromatic N) is 1. The Bertz CT molecular complexity index is 821. The highest BCUT2D eigenvalue weighted by Crippen LogP contribution is 2.23. The number of piperidine rings is 1. The van der Waals surface area contributed by atoms with Crippen molar-refractivity contribution in [2.24, 2.45) is 5.92 Å². The maximum Gasteiger partial charge on any atom is 0.119 e. The molecule has 0 unspecified atom stereocenters. The molecule has 0 aliphatic carbocycles. The van der Waals surface area contributed by atoms with E-state index in [2.05, 4.69) is 71.6 Å². The molecule has 3 aromatic rings. The number of likely N-dealkylation sites (tertiary alicyclic amines) is 1. The minimum Gasteiger partial charge on any atom is -0.489 e. The lowest BCUT2D eigenvalue weighted by Crippen LogP contribution is -2.33. The van der Waals surface area contributed by atoms with Gasteiger partial charge in [-0.25, -0.2) is 0 Å². The Balaban J connectivity index is 1.22. The lowest BCUT2D eigenvalue weighted by Gasteiger charge is -2.32. The van der Waals surface area contributed by atoms with Crippen LogP contribution in [0.3, 0.4) is 0 Å². The van der Waals surface area contributed by atoms with Gasteiger partial charge in [-0.15, -0.1) is 0 Å². The molecule has 2 nitrogen and oxygen atoms in total. The van der Waals surface area contributed by atoms with Crippen molar-refractivity contribution in [1.29, 1.82) is 0 Å². The van der Waals surface area contributed by atoms with Crippen molar-refractivity contribution in [1.82, 2.24) is 4.90 Å². The van der Waals surface area contributed by atoms with Crippen LogP contribution in [0.5, 0.6) is 5.75 Å². The van der Waals surface area contributed by atoms with E-state index in [9.17, 15) is 0 Å². The number of hydrogen-bond donors (Lipinski definition) is 0. The largest absolute Gasteiger partial charge is 0.489 e. The summed E-state index contributed by atoms with van der Waals surface area (Å²) in [5, 5.41) is 0. The second kappa shape index (κ2) is 9.57. The molecule has 0 radical (unpaired) electrons. The van der Waals surface area contributed by atoms with Gasteiger partial charge in [-0.05, 0) is 67.1 Å². The molecule has 4 rings (SSSR count). The fourth-order valence-corrected chi connectivity index (χ4v) is 3.99.